The first kappa shape index (κ1) is 66.9. The van der Waals surface area contributed by atoms with Crippen LogP contribution in [0, 0.1) is 0 Å². The number of rotatable bonds is 49. The quantitative estimate of drug-likeness (QED) is 0.0205. The number of amides is 1. The number of carbonyl (C=O) groups excluding carboxylic acids is 2. The Balaban J connectivity index is 5.50. The van der Waals surface area contributed by atoms with Gasteiger partial charge in [0.15, 0.2) is 0 Å². The molecular formula is C60H106N2O7P+. The fraction of sp³-hybridized carbons (Fsp3) is 0.700. The summed E-state index contributed by atoms with van der Waals surface area (Å²) in [5, 5.41) is 3.02. The number of unbranched alkanes of at least 4 members (excludes halogenated alkanes) is 19. The van der Waals surface area contributed by atoms with Crippen LogP contribution < -0.4 is 5.32 Å². The fourth-order valence-corrected chi connectivity index (χ4v) is 8.22. The van der Waals surface area contributed by atoms with Gasteiger partial charge >= 0.3 is 13.8 Å². The van der Waals surface area contributed by atoms with E-state index in [1.807, 2.05) is 33.3 Å². The van der Waals surface area contributed by atoms with Gasteiger partial charge in [-0.2, -0.15) is 0 Å². The van der Waals surface area contributed by atoms with Gasteiger partial charge in [0.1, 0.15) is 19.3 Å². The standard InChI is InChI=1S/C60H105N2O7P/c1-7-10-13-16-19-22-25-28-30-31-32-35-38-41-44-47-50-53-60(64)69-58(51-48-45-42-39-36-33-27-24-21-18-15-12-9-3)57(56-68-70(65,66)67-55-54-62(4,5)6)61-59(63)52-49-46-43-40-37-34-29-26-23-20-17-14-11-8-2/h10-11,13-14,19-20,22-23,28,30,32,35,41,44,48,51,57-58H,7-9,12,15-18,21,24-27,29,31,33-34,36-40,42-43,45-47,49-50,52-56H2,1-6H3,(H-,61,63,65,66)/p+1/b13-10-,14-11+,22-19-,23-20+,30-28-,35-32-,44-41-,51-48+. The van der Waals surface area contributed by atoms with E-state index in [0.29, 0.717) is 23.9 Å². The predicted molar refractivity (Wildman–Crippen MR) is 300 cm³/mol. The van der Waals surface area contributed by atoms with Crippen molar-refractivity contribution < 1.29 is 37.3 Å². The van der Waals surface area contributed by atoms with Crippen LogP contribution in [0.1, 0.15) is 220 Å². The Labute approximate surface area is 430 Å². The van der Waals surface area contributed by atoms with Gasteiger partial charge in [-0.3, -0.25) is 18.6 Å². The Hall–Kier alpha value is -3.07. The zero-order valence-electron chi connectivity index (χ0n) is 45.7. The molecule has 0 radical (unpaired) electrons. The summed E-state index contributed by atoms with van der Waals surface area (Å²) in [7, 11) is 1.45. The van der Waals surface area contributed by atoms with Gasteiger partial charge in [0.25, 0.3) is 0 Å². The van der Waals surface area contributed by atoms with Crippen LogP contribution >= 0.6 is 7.82 Å². The highest BCUT2D eigenvalue weighted by molar-refractivity contribution is 7.47. The molecule has 3 unspecified atom stereocenters. The lowest BCUT2D eigenvalue weighted by Gasteiger charge is -2.27. The monoisotopic (exact) mass is 998 g/mol. The lowest BCUT2D eigenvalue weighted by molar-refractivity contribution is -0.870. The number of likely N-dealkylation sites (N-methyl/N-ethyl adjacent to an activating group) is 1. The van der Waals surface area contributed by atoms with Gasteiger partial charge < -0.3 is 19.4 Å². The summed E-state index contributed by atoms with van der Waals surface area (Å²) in [5.74, 6) is -0.589. The van der Waals surface area contributed by atoms with E-state index in [9.17, 15) is 19.0 Å². The lowest BCUT2D eigenvalue weighted by Crippen LogP contribution is -2.47. The molecule has 402 valence electrons. The normalized spacial score (nSPS) is 14.6. The average Bonchev–Trinajstić information content (AvgIpc) is 3.32. The lowest BCUT2D eigenvalue weighted by atomic mass is 10.0. The first-order valence-corrected chi connectivity index (χ1v) is 29.6. The molecule has 10 heteroatoms. The minimum atomic E-state index is -4.46. The summed E-state index contributed by atoms with van der Waals surface area (Å²) >= 11 is 0. The van der Waals surface area contributed by atoms with Crippen LogP contribution in [0.5, 0.6) is 0 Å². The van der Waals surface area contributed by atoms with Crippen molar-refractivity contribution in [2.24, 2.45) is 0 Å². The third kappa shape index (κ3) is 49.9. The third-order valence-corrected chi connectivity index (χ3v) is 12.8. The second kappa shape index (κ2) is 49.5. The molecule has 0 saturated heterocycles. The number of phosphoric ester groups is 1. The van der Waals surface area contributed by atoms with E-state index in [4.69, 9.17) is 13.8 Å². The molecule has 0 rings (SSSR count). The molecule has 0 aromatic heterocycles. The molecule has 2 N–H and O–H groups in total. The summed E-state index contributed by atoms with van der Waals surface area (Å²) in [5.41, 5.74) is 0. The van der Waals surface area contributed by atoms with Crippen LogP contribution in [-0.4, -0.2) is 74.3 Å². The van der Waals surface area contributed by atoms with Crippen molar-refractivity contribution in [3.05, 3.63) is 97.2 Å². The van der Waals surface area contributed by atoms with Crippen LogP contribution in [0.3, 0.4) is 0 Å². The van der Waals surface area contributed by atoms with E-state index < -0.39 is 20.0 Å². The Bertz CT molecular complexity index is 1520. The number of nitrogens with one attached hydrogen (secondary N) is 1. The van der Waals surface area contributed by atoms with Crippen molar-refractivity contribution >= 4 is 19.7 Å². The topological polar surface area (TPSA) is 111 Å². The van der Waals surface area contributed by atoms with Crippen LogP contribution in [0.15, 0.2) is 97.2 Å². The minimum Gasteiger partial charge on any atom is -0.456 e. The van der Waals surface area contributed by atoms with Crippen LogP contribution in [0.2, 0.25) is 0 Å². The van der Waals surface area contributed by atoms with Gasteiger partial charge in [-0.1, -0.05) is 208 Å². The van der Waals surface area contributed by atoms with Crippen molar-refractivity contribution in [1.82, 2.24) is 5.32 Å². The largest absolute Gasteiger partial charge is 0.472 e. The summed E-state index contributed by atoms with van der Waals surface area (Å²) in [6.45, 7) is 6.73. The molecule has 0 fully saturated rings. The van der Waals surface area contributed by atoms with Crippen LogP contribution in [0.4, 0.5) is 0 Å². The molecule has 0 aromatic rings. The number of hydrogen-bond acceptors (Lipinski definition) is 6. The Kier molecular flexibility index (Phi) is 47.3. The molecule has 3 atom stereocenters. The smallest absolute Gasteiger partial charge is 0.456 e. The molecule has 0 saturated carbocycles. The number of hydrogen-bond donors (Lipinski definition) is 2. The number of carbonyl (C=O) groups is 2. The van der Waals surface area contributed by atoms with Crippen molar-refractivity contribution in [1.29, 1.82) is 0 Å². The third-order valence-electron chi connectivity index (χ3n) is 11.8. The van der Waals surface area contributed by atoms with Gasteiger partial charge in [0, 0.05) is 12.8 Å². The van der Waals surface area contributed by atoms with Gasteiger partial charge in [-0.05, 0) is 96.0 Å². The second-order valence-corrected chi connectivity index (χ2v) is 21.1. The summed E-state index contributed by atoms with van der Waals surface area (Å²) < 4.78 is 30.5. The zero-order chi connectivity index (χ0) is 51.5. The molecule has 0 aliphatic carbocycles. The maximum Gasteiger partial charge on any atom is 0.472 e. The number of ether oxygens (including phenoxy) is 1. The van der Waals surface area contributed by atoms with E-state index in [1.165, 1.54) is 77.0 Å². The Morgan fingerprint density at radius 1 is 0.514 bits per heavy atom. The Morgan fingerprint density at radius 3 is 1.40 bits per heavy atom. The maximum atomic E-state index is 13.5. The second-order valence-electron chi connectivity index (χ2n) is 19.7. The van der Waals surface area contributed by atoms with Gasteiger partial charge in [0.05, 0.1) is 33.8 Å². The first-order chi connectivity index (χ1) is 33.9. The number of esters is 1. The van der Waals surface area contributed by atoms with E-state index >= 15 is 0 Å². The molecule has 9 nitrogen and oxygen atoms in total. The molecule has 1 amide bonds. The molecule has 0 aromatic carbocycles. The van der Waals surface area contributed by atoms with Gasteiger partial charge in [0.2, 0.25) is 5.91 Å². The highest BCUT2D eigenvalue weighted by Gasteiger charge is 2.30. The summed E-state index contributed by atoms with van der Waals surface area (Å²) in [6.07, 6.45) is 65.5. The van der Waals surface area contributed by atoms with Gasteiger partial charge in [-0.15, -0.1) is 0 Å². The Morgan fingerprint density at radius 2 is 0.929 bits per heavy atom. The SMILES string of the molecule is CC/C=C\C/C=C\C/C=C\C/C=C\C/C=C\CCCC(=O)OC(/C=C/CCCCCCCCCCCCC)C(COP(=O)(O)OCC[N+](C)(C)C)NC(=O)CCCCCCCCC/C=C/C/C=C/CC. The molecule has 0 spiro atoms. The highest BCUT2D eigenvalue weighted by Crippen LogP contribution is 2.43. The van der Waals surface area contributed by atoms with E-state index in [0.717, 1.165) is 103 Å². The molecule has 0 bridgehead atoms. The molecule has 70 heavy (non-hydrogen) atoms. The highest BCUT2D eigenvalue weighted by atomic mass is 31.2. The minimum absolute atomic E-state index is 0.0253. The van der Waals surface area contributed by atoms with Crippen molar-refractivity contribution in [3.63, 3.8) is 0 Å². The number of nitrogens with zero attached hydrogens (tertiary/aromatic N) is 1. The molecular weight excluding hydrogens is 892 g/mol. The summed E-state index contributed by atoms with van der Waals surface area (Å²) in [4.78, 5) is 37.5. The van der Waals surface area contributed by atoms with Crippen molar-refractivity contribution in [2.45, 2.75) is 232 Å². The van der Waals surface area contributed by atoms with E-state index in [-0.39, 0.29) is 31.5 Å². The van der Waals surface area contributed by atoms with E-state index in [2.05, 4.69) is 111 Å². The summed E-state index contributed by atoms with van der Waals surface area (Å²) in [6, 6.07) is -0.879. The van der Waals surface area contributed by atoms with Crippen molar-refractivity contribution in [2.75, 3.05) is 40.9 Å². The number of quaternary nitrogens is 1. The predicted octanol–water partition coefficient (Wildman–Crippen LogP) is 16.8. The zero-order valence-corrected chi connectivity index (χ0v) is 46.6. The number of allylic oxidation sites excluding steroid dienone is 15. The van der Waals surface area contributed by atoms with Crippen LogP contribution in [0.25, 0.3) is 0 Å². The molecule has 0 heterocycles. The average molecular weight is 998 g/mol. The molecule has 0 aliphatic rings. The van der Waals surface area contributed by atoms with Crippen LogP contribution in [-0.2, 0) is 27.9 Å². The number of phosphoric acid groups is 1. The molecule has 0 aliphatic heterocycles. The fourth-order valence-electron chi connectivity index (χ4n) is 7.48. The van der Waals surface area contributed by atoms with Gasteiger partial charge in [-0.25, -0.2) is 4.57 Å². The maximum absolute atomic E-state index is 13.5. The van der Waals surface area contributed by atoms with E-state index in [1.54, 1.807) is 0 Å². The van der Waals surface area contributed by atoms with Crippen molar-refractivity contribution in [3.8, 4) is 0 Å². The first-order valence-electron chi connectivity index (χ1n) is 28.1.